The summed E-state index contributed by atoms with van der Waals surface area (Å²) in [6.45, 7) is 3.83. The lowest BCUT2D eigenvalue weighted by Gasteiger charge is -2.09. The van der Waals surface area contributed by atoms with E-state index in [2.05, 4.69) is 10.6 Å². The molecular formula is C20H22Cl2N2O5S. The second kappa shape index (κ2) is 11.2. The number of esters is 1. The quantitative estimate of drug-likeness (QED) is 0.407. The lowest BCUT2D eigenvalue weighted by molar-refractivity contribution is -0.118. The molecule has 2 amide bonds. The molecule has 162 valence electrons. The molecule has 7 nitrogen and oxygen atoms in total. The van der Waals surface area contributed by atoms with Gasteiger partial charge in [0.1, 0.15) is 10.8 Å². The van der Waals surface area contributed by atoms with E-state index in [1.165, 1.54) is 13.2 Å². The summed E-state index contributed by atoms with van der Waals surface area (Å²) in [6, 6.07) is 4.63. The largest absolute Gasteiger partial charge is 0.482 e. The number of thiophene rings is 1. The van der Waals surface area contributed by atoms with Gasteiger partial charge in [0, 0.05) is 11.6 Å². The summed E-state index contributed by atoms with van der Waals surface area (Å²) in [5.74, 6) is -1.18. The molecule has 0 unspecified atom stereocenters. The molecule has 1 aromatic heterocycles. The van der Waals surface area contributed by atoms with E-state index in [1.807, 2.05) is 6.92 Å². The third kappa shape index (κ3) is 6.10. The second-order valence-electron chi connectivity index (χ2n) is 6.27. The third-order valence-electron chi connectivity index (χ3n) is 4.06. The number of anilines is 1. The van der Waals surface area contributed by atoms with Gasteiger partial charge in [0.25, 0.3) is 11.8 Å². The number of benzene rings is 1. The van der Waals surface area contributed by atoms with Crippen molar-refractivity contribution in [3.8, 4) is 5.75 Å². The Labute approximate surface area is 188 Å². The highest BCUT2D eigenvalue weighted by atomic mass is 35.5. The smallest absolute Gasteiger partial charge is 0.341 e. The Kier molecular flexibility index (Phi) is 8.95. The number of carbonyl (C=O) groups is 3. The summed E-state index contributed by atoms with van der Waals surface area (Å²) in [4.78, 5) is 37.4. The number of amides is 2. The van der Waals surface area contributed by atoms with Crippen LogP contribution in [0.15, 0.2) is 18.2 Å². The molecular weight excluding hydrogens is 451 g/mol. The van der Waals surface area contributed by atoms with Gasteiger partial charge in [-0.25, -0.2) is 4.79 Å². The van der Waals surface area contributed by atoms with E-state index in [-0.39, 0.29) is 28.1 Å². The summed E-state index contributed by atoms with van der Waals surface area (Å²) >= 11 is 12.9. The number of hydrogen-bond acceptors (Lipinski definition) is 6. The van der Waals surface area contributed by atoms with Gasteiger partial charge in [0.2, 0.25) is 0 Å². The molecule has 0 spiro atoms. The molecule has 0 saturated heterocycles. The Morgan fingerprint density at radius 3 is 2.57 bits per heavy atom. The lowest BCUT2D eigenvalue weighted by atomic mass is 10.1. The highest BCUT2D eigenvalue weighted by molar-refractivity contribution is 7.18. The van der Waals surface area contributed by atoms with Gasteiger partial charge in [-0.2, -0.15) is 0 Å². The second-order valence-corrected chi connectivity index (χ2v) is 8.14. The van der Waals surface area contributed by atoms with Crippen LogP contribution < -0.4 is 15.4 Å². The van der Waals surface area contributed by atoms with E-state index >= 15 is 0 Å². The minimum Gasteiger partial charge on any atom is -0.482 e. The molecule has 30 heavy (non-hydrogen) atoms. The number of unbranched alkanes of at least 4 members (excludes halogenated alkanes) is 1. The first-order chi connectivity index (χ1) is 14.3. The first-order valence-corrected chi connectivity index (χ1v) is 10.7. The van der Waals surface area contributed by atoms with Crippen LogP contribution in [0.1, 0.15) is 45.4 Å². The van der Waals surface area contributed by atoms with E-state index in [1.54, 1.807) is 19.1 Å². The topological polar surface area (TPSA) is 93.7 Å². The van der Waals surface area contributed by atoms with Gasteiger partial charge in [-0.15, -0.1) is 11.3 Å². The van der Waals surface area contributed by atoms with Crippen LogP contribution in [0.4, 0.5) is 5.00 Å². The SMILES string of the molecule is CCCCNC(=O)c1sc(NC(=O)COc2ccc(Cl)cc2Cl)c(C(=O)OC)c1C. The Bertz CT molecular complexity index is 946. The minimum absolute atomic E-state index is 0.140. The summed E-state index contributed by atoms with van der Waals surface area (Å²) in [5.41, 5.74) is 0.582. The maximum Gasteiger partial charge on any atom is 0.341 e. The number of ether oxygens (including phenoxy) is 2. The van der Waals surface area contributed by atoms with Crippen LogP contribution in [0.5, 0.6) is 5.75 Å². The van der Waals surface area contributed by atoms with E-state index in [0.717, 1.165) is 24.2 Å². The summed E-state index contributed by atoms with van der Waals surface area (Å²) in [6.07, 6.45) is 1.78. The van der Waals surface area contributed by atoms with Crippen molar-refractivity contribution < 1.29 is 23.9 Å². The van der Waals surface area contributed by atoms with Crippen LogP contribution in [0.3, 0.4) is 0 Å². The van der Waals surface area contributed by atoms with Crippen LogP contribution in [0.2, 0.25) is 10.0 Å². The number of halogens is 2. The van der Waals surface area contributed by atoms with Crippen LogP contribution in [-0.2, 0) is 9.53 Å². The maximum absolute atomic E-state index is 12.5. The number of carbonyl (C=O) groups excluding carboxylic acids is 3. The van der Waals surface area contributed by atoms with Gasteiger partial charge in [-0.05, 0) is 37.1 Å². The molecule has 0 aliphatic carbocycles. The summed E-state index contributed by atoms with van der Waals surface area (Å²) < 4.78 is 10.2. The minimum atomic E-state index is -0.645. The van der Waals surface area contributed by atoms with Gasteiger partial charge >= 0.3 is 5.97 Å². The van der Waals surface area contributed by atoms with Crippen molar-refractivity contribution in [3.05, 3.63) is 44.2 Å². The predicted molar refractivity (Wildman–Crippen MR) is 118 cm³/mol. The Morgan fingerprint density at radius 2 is 1.93 bits per heavy atom. The number of hydrogen-bond donors (Lipinski definition) is 2. The number of methoxy groups -OCH3 is 1. The zero-order valence-corrected chi connectivity index (χ0v) is 19.1. The van der Waals surface area contributed by atoms with Gasteiger partial charge in [0.15, 0.2) is 6.61 Å². The third-order valence-corrected chi connectivity index (χ3v) is 5.80. The maximum atomic E-state index is 12.5. The Hall–Kier alpha value is -2.29. The Balaban J connectivity index is 2.16. The van der Waals surface area contributed by atoms with Crippen molar-refractivity contribution in [3.63, 3.8) is 0 Å². The molecule has 2 aromatic rings. The Morgan fingerprint density at radius 1 is 1.20 bits per heavy atom. The molecule has 0 radical (unpaired) electrons. The van der Waals surface area contributed by atoms with Gasteiger partial charge in [-0.1, -0.05) is 36.5 Å². The zero-order valence-electron chi connectivity index (χ0n) is 16.8. The average molecular weight is 473 g/mol. The molecule has 0 aliphatic rings. The predicted octanol–water partition coefficient (Wildman–Crippen LogP) is 4.70. The number of rotatable bonds is 9. The van der Waals surface area contributed by atoms with Gasteiger partial charge < -0.3 is 20.1 Å². The monoisotopic (exact) mass is 472 g/mol. The first-order valence-electron chi connectivity index (χ1n) is 9.16. The zero-order chi connectivity index (χ0) is 22.3. The lowest BCUT2D eigenvalue weighted by Crippen LogP contribution is -2.24. The molecule has 0 saturated carbocycles. The van der Waals surface area contributed by atoms with Crippen molar-refractivity contribution in [2.75, 3.05) is 25.6 Å². The van der Waals surface area contributed by atoms with Gasteiger partial charge in [-0.3, -0.25) is 9.59 Å². The molecule has 1 aromatic carbocycles. The van der Waals surface area contributed by atoms with E-state index in [0.29, 0.717) is 27.8 Å². The normalized spacial score (nSPS) is 10.4. The fourth-order valence-corrected chi connectivity index (χ4v) is 4.11. The fourth-order valence-electron chi connectivity index (χ4n) is 2.52. The van der Waals surface area contributed by atoms with Gasteiger partial charge in [0.05, 0.1) is 22.6 Å². The summed E-state index contributed by atoms with van der Waals surface area (Å²) in [5, 5.41) is 6.35. The van der Waals surface area contributed by atoms with E-state index in [9.17, 15) is 14.4 Å². The van der Waals surface area contributed by atoms with Crippen LogP contribution in [0.25, 0.3) is 0 Å². The average Bonchev–Trinajstić information content (AvgIpc) is 3.02. The van der Waals surface area contributed by atoms with Crippen molar-refractivity contribution in [2.24, 2.45) is 0 Å². The van der Waals surface area contributed by atoms with Crippen molar-refractivity contribution in [2.45, 2.75) is 26.7 Å². The molecule has 0 bridgehead atoms. The fraction of sp³-hybridized carbons (Fsp3) is 0.350. The van der Waals surface area contributed by atoms with Crippen molar-refractivity contribution in [1.82, 2.24) is 5.32 Å². The van der Waals surface area contributed by atoms with Crippen LogP contribution in [0, 0.1) is 6.92 Å². The molecule has 2 N–H and O–H groups in total. The standard InChI is InChI=1S/C20H22Cl2N2O5S/c1-4-5-8-23-18(26)17-11(2)16(20(27)28-3)19(30-17)24-15(25)10-29-14-7-6-12(21)9-13(14)22/h6-7,9H,4-5,8,10H2,1-3H3,(H,23,26)(H,24,25). The van der Waals surface area contributed by atoms with Crippen LogP contribution in [-0.4, -0.2) is 38.0 Å². The molecule has 0 aliphatic heterocycles. The van der Waals surface area contributed by atoms with Crippen molar-refractivity contribution in [1.29, 1.82) is 0 Å². The molecule has 10 heteroatoms. The summed E-state index contributed by atoms with van der Waals surface area (Å²) in [7, 11) is 1.23. The molecule has 1 heterocycles. The first kappa shape index (κ1) is 24.0. The van der Waals surface area contributed by atoms with Crippen molar-refractivity contribution >= 4 is 57.3 Å². The van der Waals surface area contributed by atoms with E-state index in [4.69, 9.17) is 32.7 Å². The highest BCUT2D eigenvalue weighted by Gasteiger charge is 2.26. The highest BCUT2D eigenvalue weighted by Crippen LogP contribution is 2.34. The van der Waals surface area contributed by atoms with Crippen LogP contribution >= 0.6 is 34.5 Å². The number of nitrogens with one attached hydrogen (secondary N) is 2. The molecule has 2 rings (SSSR count). The molecule has 0 fully saturated rings. The molecule has 0 atom stereocenters. The van der Waals surface area contributed by atoms with E-state index < -0.39 is 11.9 Å².